The fourth-order valence-corrected chi connectivity index (χ4v) is 7.73. The van der Waals surface area contributed by atoms with Crippen LogP contribution in [0, 0.1) is 18.8 Å². The van der Waals surface area contributed by atoms with E-state index in [1.165, 1.54) is 20.2 Å². The van der Waals surface area contributed by atoms with Gasteiger partial charge in [0.2, 0.25) is 0 Å². The second kappa shape index (κ2) is 11.5. The maximum atomic E-state index is 6.64. The van der Waals surface area contributed by atoms with Gasteiger partial charge < -0.3 is 19.1 Å². The zero-order valence-electron chi connectivity index (χ0n) is 26.9. The molecule has 0 unspecified atom stereocenters. The average Bonchev–Trinajstić information content (AvgIpc) is 3.73. The van der Waals surface area contributed by atoms with Crippen LogP contribution in [0.1, 0.15) is 26.3 Å². The van der Waals surface area contributed by atoms with Crippen LogP contribution in [0.3, 0.4) is 0 Å². The van der Waals surface area contributed by atoms with Gasteiger partial charge in [-0.25, -0.2) is 4.98 Å². The van der Waals surface area contributed by atoms with Crippen LogP contribution in [0.4, 0.5) is 17.1 Å². The first kappa shape index (κ1) is 30.7. The van der Waals surface area contributed by atoms with Gasteiger partial charge in [-0.15, -0.1) is 58.3 Å². The minimum Gasteiger partial charge on any atom is -0.509 e. The molecule has 0 aliphatic carbocycles. The average molecular weight is 823 g/mol. The molecule has 0 fully saturated rings. The number of ether oxygens (including phenoxy) is 1. The van der Waals surface area contributed by atoms with Crippen LogP contribution >= 0.6 is 11.3 Å². The van der Waals surface area contributed by atoms with E-state index >= 15 is 0 Å². The number of para-hydroxylation sites is 3. The Morgan fingerprint density at radius 1 is 0.729 bits per heavy atom. The van der Waals surface area contributed by atoms with Crippen molar-refractivity contribution in [3.63, 3.8) is 0 Å². The second-order valence-electron chi connectivity index (χ2n) is 13.1. The predicted molar refractivity (Wildman–Crippen MR) is 196 cm³/mol. The summed E-state index contributed by atoms with van der Waals surface area (Å²) in [4.78, 5) is 9.31. The molecule has 0 radical (unpaired) electrons. The molecule has 0 saturated heterocycles. The van der Waals surface area contributed by atoms with E-state index in [0.29, 0.717) is 11.5 Å². The molecule has 4 heterocycles. The molecule has 240 valence electrons. The number of thiophene rings is 1. The summed E-state index contributed by atoms with van der Waals surface area (Å²) in [6.45, 7) is 8.77. The summed E-state index contributed by atoms with van der Waals surface area (Å²) in [5.41, 5.74) is 6.27. The van der Waals surface area contributed by atoms with Crippen molar-refractivity contribution in [1.29, 1.82) is 0 Å². The van der Waals surface area contributed by atoms with Crippen molar-refractivity contribution in [2.45, 2.75) is 26.2 Å². The van der Waals surface area contributed by atoms with E-state index in [4.69, 9.17) is 9.72 Å². The zero-order chi connectivity index (χ0) is 31.9. The number of hydrogen-bond donors (Lipinski definition) is 0. The molecule has 5 nitrogen and oxygen atoms in total. The quantitative estimate of drug-likeness (QED) is 0.166. The van der Waals surface area contributed by atoms with Crippen molar-refractivity contribution in [1.82, 2.24) is 9.55 Å². The van der Waals surface area contributed by atoms with E-state index < -0.39 is 0 Å². The Morgan fingerprint density at radius 3 is 2.31 bits per heavy atom. The second-order valence-corrected chi connectivity index (χ2v) is 14.2. The number of anilines is 3. The molecule has 0 spiro atoms. The van der Waals surface area contributed by atoms with Gasteiger partial charge in [0, 0.05) is 75.8 Å². The summed E-state index contributed by atoms with van der Waals surface area (Å²) in [6.07, 6.45) is 2.00. The molecule has 1 aliphatic heterocycles. The van der Waals surface area contributed by atoms with Gasteiger partial charge in [0.15, 0.2) is 0 Å². The van der Waals surface area contributed by atoms with Crippen molar-refractivity contribution in [2.24, 2.45) is 0 Å². The summed E-state index contributed by atoms with van der Waals surface area (Å²) in [5.74, 6) is 2.14. The predicted octanol–water partition coefficient (Wildman–Crippen LogP) is 10.9. The molecular weight excluding hydrogens is 792 g/mol. The van der Waals surface area contributed by atoms with Gasteiger partial charge in [0.05, 0.1) is 0 Å². The molecule has 3 aromatic heterocycles. The Balaban J connectivity index is 0.00000336. The number of hydrogen-bond acceptors (Lipinski definition) is 5. The number of nitrogens with zero attached hydrogens (tertiary/aromatic N) is 4. The topological polar surface area (TPSA) is 33.5 Å². The van der Waals surface area contributed by atoms with E-state index in [2.05, 4.69) is 158 Å². The molecule has 0 saturated carbocycles. The zero-order valence-corrected chi connectivity index (χ0v) is 30.0. The minimum absolute atomic E-state index is 0. The monoisotopic (exact) mass is 822 g/mol. The molecule has 9 rings (SSSR count). The van der Waals surface area contributed by atoms with Crippen LogP contribution < -0.4 is 14.5 Å². The Bertz CT molecular complexity index is 2510. The third kappa shape index (κ3) is 4.98. The van der Waals surface area contributed by atoms with E-state index in [1.807, 2.05) is 12.3 Å². The van der Waals surface area contributed by atoms with E-state index in [9.17, 15) is 0 Å². The summed E-state index contributed by atoms with van der Waals surface area (Å²) < 4.78 is 11.3. The first-order chi connectivity index (χ1) is 22.8. The van der Waals surface area contributed by atoms with Crippen LogP contribution in [0.2, 0.25) is 0 Å². The number of fused-ring (bicyclic) bond motifs is 7. The van der Waals surface area contributed by atoms with E-state index in [1.54, 1.807) is 11.3 Å². The normalized spacial score (nSPS) is 13.1. The van der Waals surface area contributed by atoms with Crippen LogP contribution in [-0.2, 0) is 26.5 Å². The van der Waals surface area contributed by atoms with Crippen LogP contribution in [0.15, 0.2) is 109 Å². The summed E-state index contributed by atoms with van der Waals surface area (Å²) in [6, 6.07) is 43.2. The van der Waals surface area contributed by atoms with Crippen LogP contribution in [0.5, 0.6) is 11.5 Å². The molecule has 0 amide bonds. The first-order valence-corrected chi connectivity index (χ1v) is 16.6. The molecule has 48 heavy (non-hydrogen) atoms. The van der Waals surface area contributed by atoms with E-state index in [-0.39, 0.29) is 26.5 Å². The minimum atomic E-state index is -0.0931. The van der Waals surface area contributed by atoms with Crippen molar-refractivity contribution >= 4 is 70.4 Å². The van der Waals surface area contributed by atoms with Crippen molar-refractivity contribution in [3.05, 3.63) is 134 Å². The van der Waals surface area contributed by atoms with Crippen LogP contribution in [-0.4, -0.2) is 16.6 Å². The third-order valence-corrected chi connectivity index (χ3v) is 10.2. The van der Waals surface area contributed by atoms with Gasteiger partial charge >= 0.3 is 0 Å². The van der Waals surface area contributed by atoms with Gasteiger partial charge in [-0.3, -0.25) is 0 Å². The Morgan fingerprint density at radius 2 is 1.48 bits per heavy atom. The standard InChI is InChI=1S/C41H31N4OS.Pt/c1-41(2,3)26-19-27(44-25-43(4)35-14-8-9-15-36(35)44)21-29(20-26)46-28-17-18-31-30-11-5-7-13-34(30)45(37(31)22-28)40-23-39-33(24-42-40)32-12-6-10-16-38(32)47-39;/h5-20,23-25H,1-4H3;/q-3;. The molecule has 0 N–H and O–H groups in total. The van der Waals surface area contributed by atoms with Gasteiger partial charge in [-0.05, 0) is 48.2 Å². The SMILES string of the molecule is CN1[CH-]N(c2[c-]c(Oc3[c-]c4c(cc3)c3ccccc3n4-c3cc4sc5ccccc5c4cn3)cc(C(C)(C)C)c2)c2ccccc21.[Pt]. The van der Waals surface area contributed by atoms with Gasteiger partial charge in [-0.2, -0.15) is 12.7 Å². The molecule has 8 aromatic rings. The molecule has 0 atom stereocenters. The molecular formula is C41H31N4OPtS-3. The number of aromatic nitrogens is 2. The van der Waals surface area contributed by atoms with Gasteiger partial charge in [0.25, 0.3) is 0 Å². The molecule has 0 bridgehead atoms. The molecule has 7 heteroatoms. The maximum Gasteiger partial charge on any atom is 0.137 e. The largest absolute Gasteiger partial charge is 0.509 e. The van der Waals surface area contributed by atoms with Gasteiger partial charge in [-0.1, -0.05) is 74.8 Å². The summed E-state index contributed by atoms with van der Waals surface area (Å²) >= 11 is 1.80. The fourth-order valence-electron chi connectivity index (χ4n) is 6.62. The number of rotatable bonds is 4. The van der Waals surface area contributed by atoms with Crippen LogP contribution in [0.25, 0.3) is 47.8 Å². The smallest absolute Gasteiger partial charge is 0.137 e. The van der Waals surface area contributed by atoms with Gasteiger partial charge in [0.1, 0.15) is 5.82 Å². The Kier molecular flexibility index (Phi) is 7.35. The Hall–Kier alpha value is -4.64. The Labute approximate surface area is 298 Å². The molecule has 1 aliphatic rings. The van der Waals surface area contributed by atoms with Crippen molar-refractivity contribution in [2.75, 3.05) is 16.8 Å². The third-order valence-electron chi connectivity index (χ3n) is 9.02. The fraction of sp³-hybridized carbons (Fsp3) is 0.122. The molecule has 5 aromatic carbocycles. The van der Waals surface area contributed by atoms with E-state index in [0.717, 1.165) is 50.2 Å². The summed E-state index contributed by atoms with van der Waals surface area (Å²) in [7, 11) is 2.07. The van der Waals surface area contributed by atoms with Crippen molar-refractivity contribution < 1.29 is 25.8 Å². The number of benzene rings is 5. The van der Waals surface area contributed by atoms with Crippen molar-refractivity contribution in [3.8, 4) is 17.3 Å². The number of pyridine rings is 1. The maximum absolute atomic E-state index is 6.64. The summed E-state index contributed by atoms with van der Waals surface area (Å²) in [5, 5.41) is 4.67. The first-order valence-electron chi connectivity index (χ1n) is 15.8.